The van der Waals surface area contributed by atoms with Crippen LogP contribution in [0.3, 0.4) is 0 Å². The maximum atomic E-state index is 12.2. The van der Waals surface area contributed by atoms with Crippen LogP contribution in [0.2, 0.25) is 0 Å². The fourth-order valence-electron chi connectivity index (χ4n) is 1.90. The molecule has 8 heteroatoms. The summed E-state index contributed by atoms with van der Waals surface area (Å²) in [6.45, 7) is 4.89. The number of amides is 1. The molecule has 1 aromatic carbocycles. The van der Waals surface area contributed by atoms with Gasteiger partial charge in [0.2, 0.25) is 11.1 Å². The van der Waals surface area contributed by atoms with Crippen molar-refractivity contribution in [2.45, 2.75) is 25.5 Å². The number of aryl methyl sites for hydroxylation is 1. The molecule has 2 N–H and O–H groups in total. The van der Waals surface area contributed by atoms with Gasteiger partial charge in [0.05, 0.1) is 12.4 Å². The van der Waals surface area contributed by atoms with Crippen molar-refractivity contribution in [2.75, 3.05) is 25.3 Å². The Labute approximate surface area is 139 Å². The SMILES string of the molecule is CCOc1ccc(CN(C)C(=O)CSc2nnc(C)n2N)cc1. The van der Waals surface area contributed by atoms with E-state index in [-0.39, 0.29) is 11.7 Å². The predicted octanol–water partition coefficient (Wildman–Crippen LogP) is 1.45. The number of nitrogen functional groups attached to an aromatic ring is 1. The van der Waals surface area contributed by atoms with E-state index in [0.29, 0.717) is 24.1 Å². The Morgan fingerprint density at radius 1 is 1.35 bits per heavy atom. The molecule has 1 amide bonds. The van der Waals surface area contributed by atoms with Gasteiger partial charge in [0, 0.05) is 13.6 Å². The van der Waals surface area contributed by atoms with Crippen LogP contribution < -0.4 is 10.6 Å². The topological polar surface area (TPSA) is 86.3 Å². The zero-order chi connectivity index (χ0) is 16.8. The van der Waals surface area contributed by atoms with Crippen LogP contribution >= 0.6 is 11.8 Å². The minimum atomic E-state index is 0.00420. The second kappa shape index (κ2) is 7.87. The zero-order valence-electron chi connectivity index (χ0n) is 13.5. The highest BCUT2D eigenvalue weighted by atomic mass is 32.2. The monoisotopic (exact) mass is 335 g/mol. The first-order chi connectivity index (χ1) is 11.0. The van der Waals surface area contributed by atoms with Crippen molar-refractivity contribution in [1.29, 1.82) is 0 Å². The molecule has 2 aromatic rings. The van der Waals surface area contributed by atoms with Gasteiger partial charge in [0.15, 0.2) is 0 Å². The average Bonchev–Trinajstić information content (AvgIpc) is 2.86. The fraction of sp³-hybridized carbons (Fsp3) is 0.400. The van der Waals surface area contributed by atoms with Crippen LogP contribution in [0.4, 0.5) is 0 Å². The van der Waals surface area contributed by atoms with E-state index in [2.05, 4.69) is 10.2 Å². The summed E-state index contributed by atoms with van der Waals surface area (Å²) in [5.74, 6) is 7.48. The zero-order valence-corrected chi connectivity index (χ0v) is 14.3. The molecule has 7 nitrogen and oxygen atoms in total. The molecule has 124 valence electrons. The number of ether oxygens (including phenoxy) is 1. The van der Waals surface area contributed by atoms with E-state index >= 15 is 0 Å². The van der Waals surface area contributed by atoms with Gasteiger partial charge in [-0.05, 0) is 31.5 Å². The summed E-state index contributed by atoms with van der Waals surface area (Å²) in [7, 11) is 1.78. The predicted molar refractivity (Wildman–Crippen MR) is 89.7 cm³/mol. The Kier molecular flexibility index (Phi) is 5.86. The molecule has 1 aromatic heterocycles. The molecule has 1 heterocycles. The molecule has 0 saturated heterocycles. The minimum absolute atomic E-state index is 0.00420. The third-order valence-corrected chi connectivity index (χ3v) is 4.17. The van der Waals surface area contributed by atoms with Gasteiger partial charge in [-0.1, -0.05) is 23.9 Å². The van der Waals surface area contributed by atoms with Crippen LogP contribution in [0.1, 0.15) is 18.3 Å². The molecule has 2 rings (SSSR count). The van der Waals surface area contributed by atoms with E-state index in [1.54, 1.807) is 18.9 Å². The Hall–Kier alpha value is -2.22. The summed E-state index contributed by atoms with van der Waals surface area (Å²) in [6.07, 6.45) is 0. The number of benzene rings is 1. The second-order valence-corrected chi connectivity index (χ2v) is 5.96. The summed E-state index contributed by atoms with van der Waals surface area (Å²) in [5.41, 5.74) is 1.05. The van der Waals surface area contributed by atoms with Crippen LogP contribution in [0.25, 0.3) is 0 Å². The molecular weight excluding hydrogens is 314 g/mol. The molecule has 23 heavy (non-hydrogen) atoms. The fourth-order valence-corrected chi connectivity index (χ4v) is 2.75. The van der Waals surface area contributed by atoms with E-state index < -0.39 is 0 Å². The summed E-state index contributed by atoms with van der Waals surface area (Å²) in [5, 5.41) is 8.32. The van der Waals surface area contributed by atoms with Crippen molar-refractivity contribution in [3.05, 3.63) is 35.7 Å². The highest BCUT2D eigenvalue weighted by Gasteiger charge is 2.13. The molecule has 0 saturated carbocycles. The van der Waals surface area contributed by atoms with Crippen molar-refractivity contribution in [1.82, 2.24) is 19.8 Å². The largest absolute Gasteiger partial charge is 0.494 e. The highest BCUT2D eigenvalue weighted by molar-refractivity contribution is 7.99. The number of carbonyl (C=O) groups is 1. The quantitative estimate of drug-likeness (QED) is 0.609. The molecule has 0 aliphatic carbocycles. The first-order valence-corrected chi connectivity index (χ1v) is 8.25. The molecular formula is C15H21N5O2S. The van der Waals surface area contributed by atoms with Gasteiger partial charge in [-0.25, -0.2) is 4.68 Å². The van der Waals surface area contributed by atoms with Crippen LogP contribution in [0.5, 0.6) is 5.75 Å². The van der Waals surface area contributed by atoms with Gasteiger partial charge in [-0.15, -0.1) is 10.2 Å². The van der Waals surface area contributed by atoms with E-state index in [4.69, 9.17) is 10.6 Å². The van der Waals surface area contributed by atoms with Gasteiger partial charge < -0.3 is 15.5 Å². The number of thioether (sulfide) groups is 1. The van der Waals surface area contributed by atoms with Crippen molar-refractivity contribution in [3.63, 3.8) is 0 Å². The standard InChI is InChI=1S/C15H21N5O2S/c1-4-22-13-7-5-12(6-8-13)9-19(3)14(21)10-23-15-18-17-11(2)20(15)16/h5-8H,4,9-10,16H2,1-3H3. The van der Waals surface area contributed by atoms with Crippen LogP contribution in [-0.4, -0.2) is 45.1 Å². The molecule has 0 fully saturated rings. The third kappa shape index (κ3) is 4.62. The maximum absolute atomic E-state index is 12.2. The molecule has 0 atom stereocenters. The van der Waals surface area contributed by atoms with Crippen LogP contribution in [-0.2, 0) is 11.3 Å². The number of hydrogen-bond acceptors (Lipinski definition) is 6. The number of nitrogens with zero attached hydrogens (tertiary/aromatic N) is 4. The molecule has 0 aliphatic heterocycles. The van der Waals surface area contributed by atoms with Crippen molar-refractivity contribution in [2.24, 2.45) is 0 Å². The third-order valence-electron chi connectivity index (χ3n) is 3.24. The molecule has 0 bridgehead atoms. The first kappa shape index (κ1) is 17.1. The summed E-state index contributed by atoms with van der Waals surface area (Å²) < 4.78 is 6.78. The Balaban J connectivity index is 1.85. The lowest BCUT2D eigenvalue weighted by atomic mass is 10.2. The average molecular weight is 335 g/mol. The van der Waals surface area contributed by atoms with Gasteiger partial charge in [-0.3, -0.25) is 4.79 Å². The summed E-state index contributed by atoms with van der Waals surface area (Å²) >= 11 is 1.28. The van der Waals surface area contributed by atoms with E-state index in [1.807, 2.05) is 31.2 Å². The van der Waals surface area contributed by atoms with Gasteiger partial charge >= 0.3 is 0 Å². The van der Waals surface area contributed by atoms with Crippen molar-refractivity contribution >= 4 is 17.7 Å². The first-order valence-electron chi connectivity index (χ1n) is 7.26. The van der Waals surface area contributed by atoms with Gasteiger partial charge in [-0.2, -0.15) is 0 Å². The number of nitrogens with two attached hydrogens (primary N) is 1. The lowest BCUT2D eigenvalue weighted by Gasteiger charge is -2.17. The maximum Gasteiger partial charge on any atom is 0.233 e. The van der Waals surface area contributed by atoms with E-state index in [0.717, 1.165) is 11.3 Å². The minimum Gasteiger partial charge on any atom is -0.494 e. The van der Waals surface area contributed by atoms with Crippen molar-refractivity contribution < 1.29 is 9.53 Å². The molecule has 0 radical (unpaired) electrons. The highest BCUT2D eigenvalue weighted by Crippen LogP contribution is 2.16. The Morgan fingerprint density at radius 2 is 2.04 bits per heavy atom. The van der Waals surface area contributed by atoms with Crippen LogP contribution in [0.15, 0.2) is 29.4 Å². The van der Waals surface area contributed by atoms with Gasteiger partial charge in [0.25, 0.3) is 0 Å². The number of rotatable bonds is 7. The normalized spacial score (nSPS) is 10.6. The van der Waals surface area contributed by atoms with E-state index in [1.165, 1.54) is 16.4 Å². The molecule has 0 spiro atoms. The Bertz CT molecular complexity index is 656. The molecule has 0 unspecified atom stereocenters. The number of hydrogen-bond donors (Lipinski definition) is 1. The van der Waals surface area contributed by atoms with Crippen LogP contribution in [0, 0.1) is 6.92 Å². The van der Waals surface area contributed by atoms with E-state index in [9.17, 15) is 4.79 Å². The molecule has 0 aliphatic rings. The number of carbonyl (C=O) groups excluding carboxylic acids is 1. The lowest BCUT2D eigenvalue weighted by molar-refractivity contribution is -0.127. The van der Waals surface area contributed by atoms with Crippen molar-refractivity contribution in [3.8, 4) is 5.75 Å². The summed E-state index contributed by atoms with van der Waals surface area (Å²) in [4.78, 5) is 13.9. The number of aromatic nitrogens is 3. The lowest BCUT2D eigenvalue weighted by Crippen LogP contribution is -2.28. The summed E-state index contributed by atoms with van der Waals surface area (Å²) in [6, 6.07) is 7.74. The smallest absolute Gasteiger partial charge is 0.233 e. The Morgan fingerprint density at radius 3 is 2.61 bits per heavy atom. The second-order valence-electron chi connectivity index (χ2n) is 5.02. The van der Waals surface area contributed by atoms with Gasteiger partial charge in [0.1, 0.15) is 11.6 Å².